The number of rotatable bonds is 2. The first-order chi connectivity index (χ1) is 14.0. The summed E-state index contributed by atoms with van der Waals surface area (Å²) in [5.41, 5.74) is 10.9. The summed E-state index contributed by atoms with van der Waals surface area (Å²) in [6.45, 7) is 1.45. The van der Waals surface area contributed by atoms with Gasteiger partial charge in [0.1, 0.15) is 17.4 Å². The molecule has 0 saturated heterocycles. The van der Waals surface area contributed by atoms with Crippen molar-refractivity contribution >= 4 is 37.9 Å². The third-order valence-corrected chi connectivity index (χ3v) is 6.06. The highest BCUT2D eigenvalue weighted by atomic mass is 79.9. The van der Waals surface area contributed by atoms with Gasteiger partial charge >= 0.3 is 0 Å². The fourth-order valence-corrected chi connectivity index (χ4v) is 4.74. The van der Waals surface area contributed by atoms with Gasteiger partial charge in [0, 0.05) is 27.6 Å². The second-order valence-corrected chi connectivity index (χ2v) is 9.06. The maximum absolute atomic E-state index is 9.81. The van der Waals surface area contributed by atoms with E-state index in [0.29, 0.717) is 12.1 Å². The van der Waals surface area contributed by atoms with Crippen LogP contribution < -0.4 is 5.73 Å². The van der Waals surface area contributed by atoms with Crippen LogP contribution >= 0.6 is 31.9 Å². The van der Waals surface area contributed by atoms with Crippen LogP contribution in [0.1, 0.15) is 17.0 Å². The second kappa shape index (κ2) is 8.19. The standard InChI is InChI=1S/C23H19Br2N3O/c1-28-12-16(8-14-4-2-6-17(24)9-14)22-20(13-28)21(19(11-26)23(27)29-22)15-5-3-7-18(25)10-15/h2-10,21H,12-13,27H2,1H3/b16-8+. The Hall–Kier alpha value is -2.33. The van der Waals surface area contributed by atoms with Crippen molar-refractivity contribution in [2.24, 2.45) is 5.73 Å². The molecule has 29 heavy (non-hydrogen) atoms. The first-order valence-corrected chi connectivity index (χ1v) is 10.8. The lowest BCUT2D eigenvalue weighted by Gasteiger charge is -2.37. The minimum atomic E-state index is -0.227. The van der Waals surface area contributed by atoms with E-state index >= 15 is 0 Å². The molecular weight excluding hydrogens is 494 g/mol. The van der Waals surface area contributed by atoms with E-state index in [1.165, 1.54) is 0 Å². The van der Waals surface area contributed by atoms with Gasteiger partial charge in [0.15, 0.2) is 0 Å². The number of nitrogens with two attached hydrogens (primary N) is 1. The summed E-state index contributed by atoms with van der Waals surface area (Å²) in [7, 11) is 2.07. The minimum absolute atomic E-state index is 0.181. The number of likely N-dealkylation sites (N-methyl/N-ethyl adjacent to an activating group) is 1. The van der Waals surface area contributed by atoms with Gasteiger partial charge in [0.25, 0.3) is 0 Å². The number of benzene rings is 2. The second-order valence-electron chi connectivity index (χ2n) is 7.23. The van der Waals surface area contributed by atoms with Crippen LogP contribution in [0.4, 0.5) is 0 Å². The van der Waals surface area contributed by atoms with Crippen LogP contribution in [-0.4, -0.2) is 25.0 Å². The molecule has 2 aliphatic heterocycles. The van der Waals surface area contributed by atoms with Gasteiger partial charge in [-0.3, -0.25) is 4.90 Å². The number of ether oxygens (including phenoxy) is 1. The van der Waals surface area contributed by atoms with Crippen molar-refractivity contribution in [1.82, 2.24) is 4.90 Å². The summed E-state index contributed by atoms with van der Waals surface area (Å²) >= 11 is 7.08. The van der Waals surface area contributed by atoms with Crippen molar-refractivity contribution in [3.05, 3.63) is 97.0 Å². The van der Waals surface area contributed by atoms with E-state index in [4.69, 9.17) is 10.5 Å². The zero-order valence-electron chi connectivity index (χ0n) is 15.8. The Morgan fingerprint density at radius 2 is 1.86 bits per heavy atom. The summed E-state index contributed by atoms with van der Waals surface area (Å²) in [4.78, 5) is 2.23. The summed E-state index contributed by atoms with van der Waals surface area (Å²) < 4.78 is 8.02. The summed E-state index contributed by atoms with van der Waals surface area (Å²) in [5.74, 6) is 0.736. The largest absolute Gasteiger partial charge is 0.440 e. The third-order valence-electron chi connectivity index (χ3n) is 5.07. The predicted molar refractivity (Wildman–Crippen MR) is 121 cm³/mol. The Kier molecular flexibility index (Phi) is 5.64. The van der Waals surface area contributed by atoms with Gasteiger partial charge in [-0.15, -0.1) is 0 Å². The molecule has 2 heterocycles. The first-order valence-electron chi connectivity index (χ1n) is 9.17. The van der Waals surface area contributed by atoms with Crippen LogP contribution in [0.25, 0.3) is 6.08 Å². The molecule has 2 aliphatic rings. The maximum Gasteiger partial charge on any atom is 0.205 e. The van der Waals surface area contributed by atoms with Crippen molar-refractivity contribution in [3.63, 3.8) is 0 Å². The Morgan fingerprint density at radius 3 is 2.55 bits per heavy atom. The van der Waals surface area contributed by atoms with Crippen molar-refractivity contribution in [1.29, 1.82) is 5.26 Å². The molecule has 4 nitrogen and oxygen atoms in total. The van der Waals surface area contributed by atoms with E-state index in [9.17, 15) is 5.26 Å². The topological polar surface area (TPSA) is 62.3 Å². The lowest BCUT2D eigenvalue weighted by molar-refractivity contribution is 0.251. The Morgan fingerprint density at radius 1 is 1.14 bits per heavy atom. The lowest BCUT2D eigenvalue weighted by Crippen LogP contribution is -2.35. The highest BCUT2D eigenvalue weighted by Gasteiger charge is 2.37. The smallest absolute Gasteiger partial charge is 0.205 e. The van der Waals surface area contributed by atoms with Gasteiger partial charge < -0.3 is 10.5 Å². The van der Waals surface area contributed by atoms with Crippen LogP contribution in [-0.2, 0) is 4.74 Å². The molecule has 4 rings (SSSR count). The van der Waals surface area contributed by atoms with Crippen molar-refractivity contribution in [2.45, 2.75) is 5.92 Å². The van der Waals surface area contributed by atoms with Crippen LogP contribution in [0.5, 0.6) is 0 Å². The molecule has 0 saturated carbocycles. The molecule has 6 heteroatoms. The number of allylic oxidation sites excluding steroid dienone is 1. The van der Waals surface area contributed by atoms with Crippen LogP contribution in [0, 0.1) is 11.3 Å². The quantitative estimate of drug-likeness (QED) is 0.592. The number of nitriles is 1. The Labute approximate surface area is 187 Å². The molecule has 2 aromatic rings. The number of hydrogen-bond donors (Lipinski definition) is 1. The first kappa shape index (κ1) is 20.0. The van der Waals surface area contributed by atoms with Crippen LogP contribution in [0.2, 0.25) is 0 Å². The van der Waals surface area contributed by atoms with Gasteiger partial charge in [-0.25, -0.2) is 0 Å². The molecule has 0 bridgehead atoms. The zero-order chi connectivity index (χ0) is 20.5. The number of halogens is 2. The SMILES string of the molecule is CN1CC2=C(OC(N)=C(C#N)C2c2cccc(Br)c2)/C(=C/c2cccc(Br)c2)C1. The monoisotopic (exact) mass is 511 g/mol. The molecule has 1 unspecified atom stereocenters. The van der Waals surface area contributed by atoms with Crippen LogP contribution in [0.3, 0.4) is 0 Å². The molecule has 2 aromatic carbocycles. The summed E-state index contributed by atoms with van der Waals surface area (Å²) in [5, 5.41) is 9.81. The van der Waals surface area contributed by atoms with E-state index in [1.54, 1.807) is 0 Å². The molecule has 0 fully saturated rings. The molecular formula is C23H19Br2N3O. The molecule has 2 N–H and O–H groups in total. The van der Waals surface area contributed by atoms with Gasteiger partial charge in [0.05, 0.1) is 5.92 Å². The minimum Gasteiger partial charge on any atom is -0.440 e. The Balaban J connectivity index is 1.88. The zero-order valence-corrected chi connectivity index (χ0v) is 19.0. The average Bonchev–Trinajstić information content (AvgIpc) is 2.67. The van der Waals surface area contributed by atoms with E-state index in [-0.39, 0.29) is 11.8 Å². The van der Waals surface area contributed by atoms with Gasteiger partial charge in [0.2, 0.25) is 5.88 Å². The highest BCUT2D eigenvalue weighted by Crippen LogP contribution is 2.43. The number of nitrogens with zero attached hydrogens (tertiary/aromatic N) is 2. The molecule has 1 atom stereocenters. The fourth-order valence-electron chi connectivity index (χ4n) is 3.90. The lowest BCUT2D eigenvalue weighted by atomic mass is 9.80. The maximum atomic E-state index is 9.81. The van der Waals surface area contributed by atoms with E-state index in [1.807, 2.05) is 36.4 Å². The highest BCUT2D eigenvalue weighted by molar-refractivity contribution is 9.10. The van der Waals surface area contributed by atoms with Crippen LogP contribution in [0.15, 0.2) is 85.8 Å². The van der Waals surface area contributed by atoms with Gasteiger partial charge in [-0.05, 0) is 54.1 Å². The van der Waals surface area contributed by atoms with E-state index < -0.39 is 0 Å². The Bertz CT molecular complexity index is 1110. The van der Waals surface area contributed by atoms with Gasteiger partial charge in [-0.1, -0.05) is 56.1 Å². The number of hydrogen-bond acceptors (Lipinski definition) is 4. The summed E-state index contributed by atoms with van der Waals surface area (Å²) in [6.07, 6.45) is 2.12. The predicted octanol–water partition coefficient (Wildman–Crippen LogP) is 5.30. The molecule has 146 valence electrons. The van der Waals surface area contributed by atoms with Crippen molar-refractivity contribution < 1.29 is 4.74 Å². The summed E-state index contributed by atoms with van der Waals surface area (Å²) in [6, 6.07) is 18.4. The normalized spacial score (nSPS) is 21.0. The fraction of sp³-hybridized carbons (Fsp3) is 0.174. The molecule has 0 radical (unpaired) electrons. The molecule has 0 aromatic heterocycles. The molecule has 0 spiro atoms. The van der Waals surface area contributed by atoms with Crippen molar-refractivity contribution in [3.8, 4) is 6.07 Å². The average molecular weight is 513 g/mol. The van der Waals surface area contributed by atoms with Gasteiger partial charge in [-0.2, -0.15) is 5.26 Å². The molecule has 0 amide bonds. The van der Waals surface area contributed by atoms with Crippen molar-refractivity contribution in [2.75, 3.05) is 20.1 Å². The van der Waals surface area contributed by atoms with E-state index in [2.05, 4.69) is 68.1 Å². The third kappa shape index (κ3) is 4.04. The molecule has 0 aliphatic carbocycles. The van der Waals surface area contributed by atoms with E-state index in [0.717, 1.165) is 43.5 Å².